The Morgan fingerprint density at radius 3 is 2.70 bits per heavy atom. The maximum atomic E-state index is 13.7. The summed E-state index contributed by atoms with van der Waals surface area (Å²) < 4.78 is 13.7. The lowest BCUT2D eigenvalue weighted by molar-refractivity contribution is -0.144. The Balaban J connectivity index is 1.59. The van der Waals surface area contributed by atoms with Crippen molar-refractivity contribution < 1.29 is 9.18 Å². The summed E-state index contributed by atoms with van der Waals surface area (Å²) >= 11 is 0. The zero-order chi connectivity index (χ0) is 15.9. The number of nitrogens with zero attached hydrogens (tertiary/aromatic N) is 1. The van der Waals surface area contributed by atoms with Crippen LogP contribution in [-0.2, 0) is 10.2 Å². The third-order valence-corrected chi connectivity index (χ3v) is 6.27. The molecule has 1 aliphatic carbocycles. The van der Waals surface area contributed by atoms with Crippen molar-refractivity contribution in [2.75, 3.05) is 26.2 Å². The van der Waals surface area contributed by atoms with E-state index in [9.17, 15) is 9.18 Å². The maximum Gasteiger partial charge on any atom is 0.233 e. The number of piperidine rings is 1. The first-order chi connectivity index (χ1) is 11.1. The van der Waals surface area contributed by atoms with Gasteiger partial charge in [-0.1, -0.05) is 18.6 Å². The number of hydrogen-bond donors (Lipinski definition) is 1. The summed E-state index contributed by atoms with van der Waals surface area (Å²) in [7, 11) is 0. The molecule has 1 N–H and O–H groups in total. The normalized spacial score (nSPS) is 29.5. The van der Waals surface area contributed by atoms with Gasteiger partial charge in [0.2, 0.25) is 5.91 Å². The Bertz CT molecular complexity index is 605. The van der Waals surface area contributed by atoms with Crippen LogP contribution >= 0.6 is 0 Å². The highest BCUT2D eigenvalue weighted by Crippen LogP contribution is 2.47. The minimum absolute atomic E-state index is 0.236. The molecule has 0 aromatic heterocycles. The van der Waals surface area contributed by atoms with Crippen LogP contribution in [0.15, 0.2) is 24.3 Å². The van der Waals surface area contributed by atoms with E-state index in [0.717, 1.165) is 57.4 Å². The fraction of sp³-hybridized carbons (Fsp3) is 0.632. The van der Waals surface area contributed by atoms with Gasteiger partial charge in [-0.05, 0) is 56.3 Å². The summed E-state index contributed by atoms with van der Waals surface area (Å²) in [6, 6.07) is 6.68. The van der Waals surface area contributed by atoms with Crippen LogP contribution in [0.1, 0.15) is 44.1 Å². The number of likely N-dealkylation sites (tertiary alicyclic amines) is 1. The third-order valence-electron chi connectivity index (χ3n) is 6.27. The van der Waals surface area contributed by atoms with E-state index in [2.05, 4.69) is 10.2 Å². The van der Waals surface area contributed by atoms with E-state index in [4.69, 9.17) is 0 Å². The van der Waals surface area contributed by atoms with Crippen LogP contribution in [-0.4, -0.2) is 37.0 Å². The van der Waals surface area contributed by atoms with Crippen LogP contribution < -0.4 is 5.32 Å². The zero-order valence-electron chi connectivity index (χ0n) is 13.6. The number of benzene rings is 1. The van der Waals surface area contributed by atoms with Crippen LogP contribution in [0.5, 0.6) is 0 Å². The minimum Gasteiger partial charge on any atom is -0.341 e. The molecule has 1 unspecified atom stereocenters. The number of hydrogen-bond acceptors (Lipinski definition) is 2. The Hall–Kier alpha value is -1.42. The SMILES string of the molecule is O=C(N1CCCC2(CCNC2)C1)C1(c2cccc(F)c2)CCC1. The van der Waals surface area contributed by atoms with Gasteiger partial charge in [-0.15, -0.1) is 0 Å². The van der Waals surface area contributed by atoms with Crippen molar-refractivity contribution in [2.45, 2.75) is 43.9 Å². The predicted octanol–water partition coefficient (Wildman–Crippen LogP) is 2.85. The standard InChI is InChI=1S/C19H25FN2O/c20-16-5-1-4-15(12-16)19(7-2-8-19)17(23)22-11-3-6-18(14-22)9-10-21-13-18/h1,4-5,12,21H,2-3,6-11,13-14H2. The van der Waals surface area contributed by atoms with E-state index >= 15 is 0 Å². The molecular formula is C19H25FN2O. The molecule has 1 aromatic rings. The molecule has 4 rings (SSSR count). The molecule has 2 saturated heterocycles. The van der Waals surface area contributed by atoms with Gasteiger partial charge < -0.3 is 10.2 Å². The molecule has 1 spiro atoms. The molecular weight excluding hydrogens is 291 g/mol. The lowest BCUT2D eigenvalue weighted by atomic mass is 9.63. The van der Waals surface area contributed by atoms with Crippen LogP contribution in [0.3, 0.4) is 0 Å². The van der Waals surface area contributed by atoms with Gasteiger partial charge in [-0.25, -0.2) is 4.39 Å². The first-order valence-corrected chi connectivity index (χ1v) is 8.90. The van der Waals surface area contributed by atoms with Crippen molar-refractivity contribution in [3.63, 3.8) is 0 Å². The Morgan fingerprint density at radius 1 is 1.17 bits per heavy atom. The minimum atomic E-state index is -0.466. The molecule has 2 aliphatic heterocycles. The van der Waals surface area contributed by atoms with Crippen molar-refractivity contribution >= 4 is 5.91 Å². The van der Waals surface area contributed by atoms with E-state index in [1.807, 2.05) is 6.07 Å². The van der Waals surface area contributed by atoms with Crippen LogP contribution in [0, 0.1) is 11.2 Å². The molecule has 23 heavy (non-hydrogen) atoms. The molecule has 1 atom stereocenters. The van der Waals surface area contributed by atoms with Gasteiger partial charge in [0.05, 0.1) is 5.41 Å². The Kier molecular flexibility index (Phi) is 3.67. The molecule has 0 bridgehead atoms. The summed E-state index contributed by atoms with van der Waals surface area (Å²) in [6.07, 6.45) is 6.25. The van der Waals surface area contributed by atoms with Gasteiger partial charge in [0.1, 0.15) is 5.82 Å². The van der Waals surface area contributed by atoms with Gasteiger partial charge in [0.15, 0.2) is 0 Å². The van der Waals surface area contributed by atoms with Gasteiger partial charge in [0.25, 0.3) is 0 Å². The maximum absolute atomic E-state index is 13.7. The summed E-state index contributed by atoms with van der Waals surface area (Å²) in [4.78, 5) is 15.4. The number of carbonyl (C=O) groups is 1. The van der Waals surface area contributed by atoms with Gasteiger partial charge in [-0.3, -0.25) is 4.79 Å². The smallest absolute Gasteiger partial charge is 0.233 e. The lowest BCUT2D eigenvalue weighted by Crippen LogP contribution is -2.56. The quantitative estimate of drug-likeness (QED) is 0.910. The Morgan fingerprint density at radius 2 is 2.04 bits per heavy atom. The second kappa shape index (κ2) is 5.59. The molecule has 3 nitrogen and oxygen atoms in total. The zero-order valence-corrected chi connectivity index (χ0v) is 13.6. The second-order valence-corrected chi connectivity index (χ2v) is 7.70. The number of carbonyl (C=O) groups excluding carboxylic acids is 1. The molecule has 3 fully saturated rings. The largest absolute Gasteiger partial charge is 0.341 e. The summed E-state index contributed by atoms with van der Waals surface area (Å²) in [5.74, 6) is -0.00277. The average Bonchev–Trinajstić information content (AvgIpc) is 2.94. The summed E-state index contributed by atoms with van der Waals surface area (Å²) in [5, 5.41) is 3.46. The molecule has 4 heteroatoms. The van der Waals surface area contributed by atoms with Gasteiger partial charge in [0, 0.05) is 25.0 Å². The van der Waals surface area contributed by atoms with E-state index in [1.165, 1.54) is 18.9 Å². The molecule has 0 radical (unpaired) electrons. The van der Waals surface area contributed by atoms with E-state index in [0.29, 0.717) is 0 Å². The average molecular weight is 316 g/mol. The molecule has 1 amide bonds. The fourth-order valence-electron chi connectivity index (χ4n) is 4.77. The number of rotatable bonds is 2. The van der Waals surface area contributed by atoms with Crippen molar-refractivity contribution in [2.24, 2.45) is 5.41 Å². The topological polar surface area (TPSA) is 32.3 Å². The highest BCUT2D eigenvalue weighted by molar-refractivity contribution is 5.89. The second-order valence-electron chi connectivity index (χ2n) is 7.70. The molecule has 3 aliphatic rings. The van der Waals surface area contributed by atoms with E-state index < -0.39 is 5.41 Å². The Labute approximate surface area is 137 Å². The van der Waals surface area contributed by atoms with E-state index in [1.54, 1.807) is 12.1 Å². The lowest BCUT2D eigenvalue weighted by Gasteiger charge is -2.48. The highest BCUT2D eigenvalue weighted by atomic mass is 19.1. The van der Waals surface area contributed by atoms with Crippen molar-refractivity contribution in [1.82, 2.24) is 10.2 Å². The predicted molar refractivity (Wildman–Crippen MR) is 87.7 cm³/mol. The van der Waals surface area contributed by atoms with Crippen LogP contribution in [0.25, 0.3) is 0 Å². The monoisotopic (exact) mass is 316 g/mol. The molecule has 1 aromatic carbocycles. The first kappa shape index (κ1) is 15.1. The van der Waals surface area contributed by atoms with E-state index in [-0.39, 0.29) is 17.1 Å². The van der Waals surface area contributed by atoms with Gasteiger partial charge in [-0.2, -0.15) is 0 Å². The highest BCUT2D eigenvalue weighted by Gasteiger charge is 2.50. The third kappa shape index (κ3) is 2.47. The van der Waals surface area contributed by atoms with Gasteiger partial charge >= 0.3 is 0 Å². The fourth-order valence-corrected chi connectivity index (χ4v) is 4.77. The van der Waals surface area contributed by atoms with Crippen molar-refractivity contribution in [3.05, 3.63) is 35.6 Å². The van der Waals surface area contributed by atoms with Crippen molar-refractivity contribution in [1.29, 1.82) is 0 Å². The van der Waals surface area contributed by atoms with Crippen LogP contribution in [0.4, 0.5) is 4.39 Å². The first-order valence-electron chi connectivity index (χ1n) is 8.90. The number of amides is 1. The van der Waals surface area contributed by atoms with Crippen LogP contribution in [0.2, 0.25) is 0 Å². The summed E-state index contributed by atoms with van der Waals surface area (Å²) in [5.41, 5.74) is 0.686. The molecule has 124 valence electrons. The number of nitrogens with one attached hydrogen (secondary N) is 1. The molecule has 1 saturated carbocycles. The summed E-state index contributed by atoms with van der Waals surface area (Å²) in [6.45, 7) is 3.83. The van der Waals surface area contributed by atoms with Crippen molar-refractivity contribution in [3.8, 4) is 0 Å². The number of halogens is 1. The molecule has 2 heterocycles.